The standard InChI is InChI=1S/C22H23NO3S2/c1-23(14-16-8-6-11-19(25-2)21(16)26-3)22(24)18-10-4-5-12-20(18)28-15-17-9-7-13-27-17/h4-13H,14-15H2,1-3H3. The number of nitrogens with zero attached hydrogens (tertiary/aromatic N) is 1. The van der Waals surface area contributed by atoms with Gasteiger partial charge in [0.05, 0.1) is 19.8 Å². The normalized spacial score (nSPS) is 10.5. The molecule has 1 aromatic heterocycles. The second kappa shape index (κ2) is 9.66. The Morgan fingerprint density at radius 1 is 1.04 bits per heavy atom. The van der Waals surface area contributed by atoms with E-state index >= 15 is 0 Å². The van der Waals surface area contributed by atoms with Crippen LogP contribution >= 0.6 is 23.1 Å². The number of thiophene rings is 1. The molecule has 146 valence electrons. The third-order valence-corrected chi connectivity index (χ3v) is 6.49. The van der Waals surface area contributed by atoms with Gasteiger partial charge in [-0.2, -0.15) is 0 Å². The molecule has 0 aliphatic heterocycles. The molecule has 0 spiro atoms. The smallest absolute Gasteiger partial charge is 0.255 e. The first-order valence-electron chi connectivity index (χ1n) is 8.83. The van der Waals surface area contributed by atoms with Gasteiger partial charge in [-0.15, -0.1) is 23.1 Å². The predicted molar refractivity (Wildman–Crippen MR) is 116 cm³/mol. The van der Waals surface area contributed by atoms with E-state index in [-0.39, 0.29) is 5.91 Å². The Morgan fingerprint density at radius 2 is 1.86 bits per heavy atom. The maximum Gasteiger partial charge on any atom is 0.255 e. The van der Waals surface area contributed by atoms with Crippen molar-refractivity contribution in [3.8, 4) is 11.5 Å². The van der Waals surface area contributed by atoms with E-state index in [4.69, 9.17) is 9.47 Å². The molecule has 28 heavy (non-hydrogen) atoms. The van der Waals surface area contributed by atoms with Crippen molar-refractivity contribution >= 4 is 29.0 Å². The first-order chi connectivity index (χ1) is 13.6. The highest BCUT2D eigenvalue weighted by Gasteiger charge is 2.19. The van der Waals surface area contributed by atoms with E-state index in [2.05, 4.69) is 11.4 Å². The summed E-state index contributed by atoms with van der Waals surface area (Å²) in [7, 11) is 5.03. The lowest BCUT2D eigenvalue weighted by Gasteiger charge is -2.21. The molecule has 1 heterocycles. The van der Waals surface area contributed by atoms with E-state index in [0.717, 1.165) is 16.2 Å². The van der Waals surface area contributed by atoms with Crippen LogP contribution in [0.25, 0.3) is 0 Å². The molecule has 0 N–H and O–H groups in total. The molecule has 0 unspecified atom stereocenters. The lowest BCUT2D eigenvalue weighted by Crippen LogP contribution is -2.27. The number of thioether (sulfide) groups is 1. The van der Waals surface area contributed by atoms with Gasteiger partial charge in [0, 0.05) is 34.7 Å². The zero-order valence-electron chi connectivity index (χ0n) is 16.2. The average Bonchev–Trinajstić information content (AvgIpc) is 3.25. The third kappa shape index (κ3) is 4.69. The van der Waals surface area contributed by atoms with Crippen molar-refractivity contribution < 1.29 is 14.3 Å². The number of ether oxygens (including phenoxy) is 2. The Balaban J connectivity index is 1.77. The lowest BCUT2D eigenvalue weighted by molar-refractivity contribution is 0.0780. The van der Waals surface area contributed by atoms with E-state index in [1.807, 2.05) is 55.6 Å². The van der Waals surface area contributed by atoms with Crippen molar-refractivity contribution in [3.05, 3.63) is 76.0 Å². The van der Waals surface area contributed by atoms with E-state index < -0.39 is 0 Å². The van der Waals surface area contributed by atoms with Crippen LogP contribution in [-0.4, -0.2) is 32.1 Å². The highest BCUT2D eigenvalue weighted by Crippen LogP contribution is 2.32. The van der Waals surface area contributed by atoms with Gasteiger partial charge in [0.25, 0.3) is 5.91 Å². The van der Waals surface area contributed by atoms with Crippen molar-refractivity contribution in [1.82, 2.24) is 4.90 Å². The van der Waals surface area contributed by atoms with Crippen molar-refractivity contribution in [2.45, 2.75) is 17.2 Å². The summed E-state index contributed by atoms with van der Waals surface area (Å²) >= 11 is 3.42. The summed E-state index contributed by atoms with van der Waals surface area (Å²) in [6.07, 6.45) is 0. The second-order valence-corrected chi connectivity index (χ2v) is 8.23. The molecule has 0 saturated heterocycles. The molecular formula is C22H23NO3S2. The molecule has 3 rings (SSSR count). The first-order valence-corrected chi connectivity index (χ1v) is 10.7. The van der Waals surface area contributed by atoms with Crippen LogP contribution in [0.1, 0.15) is 20.8 Å². The Hall–Kier alpha value is -2.44. The molecule has 1 amide bonds. The monoisotopic (exact) mass is 413 g/mol. The largest absolute Gasteiger partial charge is 0.493 e. The number of hydrogen-bond acceptors (Lipinski definition) is 5. The summed E-state index contributed by atoms with van der Waals surface area (Å²) in [5, 5.41) is 2.07. The van der Waals surface area contributed by atoms with Gasteiger partial charge in [0.1, 0.15) is 0 Å². The maximum atomic E-state index is 13.1. The van der Waals surface area contributed by atoms with Gasteiger partial charge in [-0.1, -0.05) is 30.3 Å². The van der Waals surface area contributed by atoms with Crippen molar-refractivity contribution in [2.24, 2.45) is 0 Å². The number of para-hydroxylation sites is 1. The van der Waals surface area contributed by atoms with Gasteiger partial charge in [-0.3, -0.25) is 4.79 Å². The van der Waals surface area contributed by atoms with Crippen LogP contribution in [0.15, 0.2) is 64.9 Å². The summed E-state index contributed by atoms with van der Waals surface area (Å²) in [6.45, 7) is 0.434. The summed E-state index contributed by atoms with van der Waals surface area (Å²) in [5.74, 6) is 2.16. The van der Waals surface area contributed by atoms with Crippen LogP contribution in [0.5, 0.6) is 11.5 Å². The Labute approximate surface area is 174 Å². The van der Waals surface area contributed by atoms with E-state index in [9.17, 15) is 4.79 Å². The molecule has 3 aromatic rings. The number of rotatable bonds is 8. The van der Waals surface area contributed by atoms with Gasteiger partial charge >= 0.3 is 0 Å². The van der Waals surface area contributed by atoms with Crippen LogP contribution in [0.3, 0.4) is 0 Å². The highest BCUT2D eigenvalue weighted by molar-refractivity contribution is 7.98. The van der Waals surface area contributed by atoms with Gasteiger partial charge < -0.3 is 14.4 Å². The molecule has 0 atom stereocenters. The molecular weight excluding hydrogens is 390 g/mol. The number of carbonyl (C=O) groups excluding carboxylic acids is 1. The van der Waals surface area contributed by atoms with Crippen molar-refractivity contribution in [3.63, 3.8) is 0 Å². The number of benzene rings is 2. The fourth-order valence-corrected chi connectivity index (χ4v) is 4.74. The van der Waals surface area contributed by atoms with Crippen molar-refractivity contribution in [1.29, 1.82) is 0 Å². The molecule has 6 heteroatoms. The summed E-state index contributed by atoms with van der Waals surface area (Å²) in [6, 6.07) is 17.6. The summed E-state index contributed by atoms with van der Waals surface area (Å²) in [5.41, 5.74) is 1.62. The van der Waals surface area contributed by atoms with E-state index in [1.54, 1.807) is 42.2 Å². The zero-order valence-corrected chi connectivity index (χ0v) is 17.8. The number of methoxy groups -OCH3 is 2. The fourth-order valence-electron chi connectivity index (χ4n) is 2.92. The minimum Gasteiger partial charge on any atom is -0.493 e. The van der Waals surface area contributed by atoms with Gasteiger partial charge in [-0.25, -0.2) is 0 Å². The number of amides is 1. The fraction of sp³-hybridized carbons (Fsp3) is 0.227. The maximum absolute atomic E-state index is 13.1. The SMILES string of the molecule is COc1cccc(CN(C)C(=O)c2ccccc2SCc2cccs2)c1OC. The highest BCUT2D eigenvalue weighted by atomic mass is 32.2. The second-order valence-electron chi connectivity index (χ2n) is 6.18. The lowest BCUT2D eigenvalue weighted by atomic mass is 10.1. The minimum atomic E-state index is -0.0147. The third-order valence-electron chi connectivity index (χ3n) is 4.31. The zero-order chi connectivity index (χ0) is 19.9. The van der Waals surface area contributed by atoms with Gasteiger partial charge in [0.15, 0.2) is 11.5 Å². The van der Waals surface area contributed by atoms with Gasteiger partial charge in [0.2, 0.25) is 0 Å². The minimum absolute atomic E-state index is 0.0147. The average molecular weight is 414 g/mol. The van der Waals surface area contributed by atoms with E-state index in [1.165, 1.54) is 4.88 Å². The van der Waals surface area contributed by atoms with Crippen LogP contribution in [-0.2, 0) is 12.3 Å². The first kappa shape index (κ1) is 20.3. The molecule has 0 saturated carbocycles. The Kier molecular flexibility index (Phi) is 7.01. The Bertz CT molecular complexity index is 925. The molecule has 4 nitrogen and oxygen atoms in total. The summed E-state index contributed by atoms with van der Waals surface area (Å²) < 4.78 is 10.9. The number of hydrogen-bond donors (Lipinski definition) is 0. The molecule has 0 fully saturated rings. The van der Waals surface area contributed by atoms with E-state index in [0.29, 0.717) is 23.6 Å². The van der Waals surface area contributed by atoms with Crippen LogP contribution in [0, 0.1) is 0 Å². The quantitative estimate of drug-likeness (QED) is 0.468. The van der Waals surface area contributed by atoms with Crippen molar-refractivity contribution in [2.75, 3.05) is 21.3 Å². The molecule has 0 aliphatic carbocycles. The Morgan fingerprint density at radius 3 is 2.57 bits per heavy atom. The number of carbonyl (C=O) groups is 1. The predicted octanol–water partition coefficient (Wildman–Crippen LogP) is 5.33. The molecule has 0 radical (unpaired) electrons. The van der Waals surface area contributed by atoms with Crippen LogP contribution in [0.4, 0.5) is 0 Å². The topological polar surface area (TPSA) is 38.8 Å². The van der Waals surface area contributed by atoms with Crippen LogP contribution < -0.4 is 9.47 Å². The van der Waals surface area contributed by atoms with Gasteiger partial charge in [-0.05, 0) is 29.6 Å². The molecule has 0 aliphatic rings. The molecule has 2 aromatic carbocycles. The molecule has 0 bridgehead atoms. The van der Waals surface area contributed by atoms with Crippen LogP contribution in [0.2, 0.25) is 0 Å². The summed E-state index contributed by atoms with van der Waals surface area (Å²) in [4.78, 5) is 17.1.